The van der Waals surface area contributed by atoms with Gasteiger partial charge >= 0.3 is 0 Å². The Balaban J connectivity index is 2.05. The number of rotatable bonds is 6. The Morgan fingerprint density at radius 3 is 2.78 bits per heavy atom. The average molecular weight is 320 g/mol. The lowest BCUT2D eigenvalue weighted by Gasteiger charge is -2.27. The van der Waals surface area contributed by atoms with Crippen molar-refractivity contribution < 1.29 is 9.59 Å². The molecule has 2 rings (SSSR count). The minimum Gasteiger partial charge on any atom is -0.369 e. The summed E-state index contributed by atoms with van der Waals surface area (Å²) in [4.78, 5) is 23.9. The van der Waals surface area contributed by atoms with Crippen LogP contribution in [0.5, 0.6) is 0 Å². The normalized spacial score (nSPS) is 21.4. The fourth-order valence-electron chi connectivity index (χ4n) is 3.32. The molecule has 2 atom stereocenters. The summed E-state index contributed by atoms with van der Waals surface area (Å²) >= 11 is 0. The number of nitrogens with zero attached hydrogens (tertiary/aromatic N) is 2. The zero-order valence-corrected chi connectivity index (χ0v) is 14.3. The highest BCUT2D eigenvalue weighted by molar-refractivity contribution is 5.95. The maximum absolute atomic E-state index is 12.6. The summed E-state index contributed by atoms with van der Waals surface area (Å²) in [7, 11) is 0. The van der Waals surface area contributed by atoms with E-state index in [0.717, 1.165) is 37.9 Å². The minimum atomic E-state index is -0.261. The van der Waals surface area contributed by atoms with Crippen molar-refractivity contribution in [2.45, 2.75) is 65.5 Å². The summed E-state index contributed by atoms with van der Waals surface area (Å²) in [6.45, 7) is 7.11. The van der Waals surface area contributed by atoms with Gasteiger partial charge in [0.1, 0.15) is 0 Å². The average Bonchev–Trinajstić information content (AvgIpc) is 2.89. The quantitative estimate of drug-likeness (QED) is 0.838. The molecular weight excluding hydrogens is 292 g/mol. The van der Waals surface area contributed by atoms with Gasteiger partial charge in [0.05, 0.1) is 17.5 Å². The van der Waals surface area contributed by atoms with Gasteiger partial charge in [0.15, 0.2) is 0 Å². The zero-order chi connectivity index (χ0) is 17.0. The number of primary amides is 1. The van der Waals surface area contributed by atoms with E-state index in [1.807, 2.05) is 11.6 Å². The van der Waals surface area contributed by atoms with Crippen molar-refractivity contribution in [1.82, 2.24) is 15.1 Å². The van der Waals surface area contributed by atoms with E-state index >= 15 is 0 Å². The third kappa shape index (κ3) is 4.33. The van der Waals surface area contributed by atoms with Gasteiger partial charge < -0.3 is 11.1 Å². The van der Waals surface area contributed by atoms with E-state index in [1.54, 1.807) is 6.20 Å². The molecule has 6 nitrogen and oxygen atoms in total. The van der Waals surface area contributed by atoms with Gasteiger partial charge in [-0.25, -0.2) is 0 Å². The van der Waals surface area contributed by atoms with Crippen molar-refractivity contribution in [2.75, 3.05) is 0 Å². The monoisotopic (exact) mass is 320 g/mol. The molecule has 3 N–H and O–H groups in total. The number of amides is 2. The maximum Gasteiger partial charge on any atom is 0.254 e. The molecule has 1 fully saturated rings. The van der Waals surface area contributed by atoms with Gasteiger partial charge in [-0.1, -0.05) is 27.2 Å². The molecule has 23 heavy (non-hydrogen) atoms. The molecule has 0 bridgehead atoms. The van der Waals surface area contributed by atoms with Crippen molar-refractivity contribution in [2.24, 2.45) is 17.6 Å². The van der Waals surface area contributed by atoms with E-state index in [-0.39, 0.29) is 23.8 Å². The summed E-state index contributed by atoms with van der Waals surface area (Å²) in [6, 6.07) is 0.0203. The second kappa shape index (κ2) is 7.62. The van der Waals surface area contributed by atoms with Gasteiger partial charge in [0, 0.05) is 18.5 Å². The van der Waals surface area contributed by atoms with Crippen LogP contribution in [0.2, 0.25) is 0 Å². The number of carbonyl (C=O) groups is 2. The highest BCUT2D eigenvalue weighted by atomic mass is 16.2. The van der Waals surface area contributed by atoms with Crippen molar-refractivity contribution in [3.05, 3.63) is 17.5 Å². The smallest absolute Gasteiger partial charge is 0.254 e. The van der Waals surface area contributed by atoms with E-state index in [4.69, 9.17) is 5.73 Å². The molecule has 0 spiro atoms. The van der Waals surface area contributed by atoms with Crippen LogP contribution < -0.4 is 11.1 Å². The van der Waals surface area contributed by atoms with Crippen molar-refractivity contribution in [1.29, 1.82) is 0 Å². The standard InChI is InChI=1S/C17H28N4O2/c1-4-15-14(9-19-21(15)10-11(2)3)17(23)20-13-7-5-6-12(8-13)16(18)22/h9,11-13H,4-8,10H2,1-3H3,(H2,18,22)(H,20,23)/t12-,13+/m1/s1. The molecule has 128 valence electrons. The van der Waals surface area contributed by atoms with E-state index in [2.05, 4.69) is 24.3 Å². The van der Waals surface area contributed by atoms with Crippen LogP contribution in [0, 0.1) is 11.8 Å². The minimum absolute atomic E-state index is 0.0203. The molecule has 2 amide bonds. The Hall–Kier alpha value is -1.85. The number of hydrogen-bond donors (Lipinski definition) is 2. The first-order valence-corrected chi connectivity index (χ1v) is 8.57. The first kappa shape index (κ1) is 17.5. The van der Waals surface area contributed by atoms with E-state index in [0.29, 0.717) is 17.9 Å². The van der Waals surface area contributed by atoms with Crippen molar-refractivity contribution in [3.8, 4) is 0 Å². The lowest BCUT2D eigenvalue weighted by atomic mass is 9.85. The summed E-state index contributed by atoms with van der Waals surface area (Å²) in [5.74, 6) is 0.00376. The summed E-state index contributed by atoms with van der Waals surface area (Å²) < 4.78 is 1.92. The summed E-state index contributed by atoms with van der Waals surface area (Å²) in [5.41, 5.74) is 7.02. The second-order valence-electron chi connectivity index (χ2n) is 6.87. The van der Waals surface area contributed by atoms with E-state index in [9.17, 15) is 9.59 Å². The lowest BCUT2D eigenvalue weighted by molar-refractivity contribution is -0.122. The van der Waals surface area contributed by atoms with Gasteiger partial charge in [0.2, 0.25) is 5.91 Å². The second-order valence-corrected chi connectivity index (χ2v) is 6.87. The van der Waals surface area contributed by atoms with Gasteiger partial charge in [-0.2, -0.15) is 5.10 Å². The van der Waals surface area contributed by atoms with Gasteiger partial charge in [-0.15, -0.1) is 0 Å². The molecule has 1 aromatic rings. The molecule has 0 aliphatic heterocycles. The number of hydrogen-bond acceptors (Lipinski definition) is 3. The predicted octanol–water partition coefficient (Wildman–Crippen LogP) is 1.88. The van der Waals surface area contributed by atoms with Crippen LogP contribution >= 0.6 is 0 Å². The van der Waals surface area contributed by atoms with Crippen LogP contribution in [-0.2, 0) is 17.8 Å². The molecule has 1 aliphatic rings. The lowest BCUT2D eigenvalue weighted by Crippen LogP contribution is -2.41. The Labute approximate surface area is 137 Å². The fraction of sp³-hybridized carbons (Fsp3) is 0.706. The topological polar surface area (TPSA) is 90.0 Å². The van der Waals surface area contributed by atoms with E-state index < -0.39 is 0 Å². The molecule has 0 aromatic carbocycles. The molecule has 1 heterocycles. The third-order valence-electron chi connectivity index (χ3n) is 4.48. The first-order valence-electron chi connectivity index (χ1n) is 8.57. The number of aromatic nitrogens is 2. The van der Waals surface area contributed by atoms with Crippen LogP contribution in [0.3, 0.4) is 0 Å². The predicted molar refractivity (Wildman–Crippen MR) is 88.8 cm³/mol. The third-order valence-corrected chi connectivity index (χ3v) is 4.48. The molecule has 0 radical (unpaired) electrons. The SMILES string of the molecule is CCc1c(C(=O)N[C@H]2CCC[C@@H](C(N)=O)C2)cnn1CC(C)C. The molecule has 0 saturated heterocycles. The van der Waals surface area contributed by atoms with Crippen molar-refractivity contribution in [3.63, 3.8) is 0 Å². The highest BCUT2D eigenvalue weighted by Gasteiger charge is 2.27. The van der Waals surface area contributed by atoms with Crippen LogP contribution in [-0.4, -0.2) is 27.6 Å². The Kier molecular flexibility index (Phi) is 5.80. The number of carbonyl (C=O) groups excluding carboxylic acids is 2. The molecule has 1 aliphatic carbocycles. The van der Waals surface area contributed by atoms with Crippen LogP contribution in [0.15, 0.2) is 6.20 Å². The number of nitrogens with one attached hydrogen (secondary N) is 1. The first-order chi connectivity index (χ1) is 10.9. The summed E-state index contributed by atoms with van der Waals surface area (Å²) in [6.07, 6.45) is 5.72. The molecule has 0 unspecified atom stereocenters. The highest BCUT2D eigenvalue weighted by Crippen LogP contribution is 2.24. The van der Waals surface area contributed by atoms with Crippen LogP contribution in [0.4, 0.5) is 0 Å². The Morgan fingerprint density at radius 2 is 2.17 bits per heavy atom. The molecule has 6 heteroatoms. The van der Waals surface area contributed by atoms with Crippen LogP contribution in [0.1, 0.15) is 62.5 Å². The number of nitrogens with two attached hydrogens (primary N) is 1. The molecule has 1 aromatic heterocycles. The van der Waals surface area contributed by atoms with Gasteiger partial charge in [0.25, 0.3) is 5.91 Å². The maximum atomic E-state index is 12.6. The zero-order valence-electron chi connectivity index (χ0n) is 14.3. The van der Waals surface area contributed by atoms with E-state index in [1.165, 1.54) is 0 Å². The molecule has 1 saturated carbocycles. The van der Waals surface area contributed by atoms with Gasteiger partial charge in [-0.05, 0) is 31.6 Å². The Morgan fingerprint density at radius 1 is 1.43 bits per heavy atom. The Bertz CT molecular complexity index is 565. The largest absolute Gasteiger partial charge is 0.369 e. The van der Waals surface area contributed by atoms with Crippen molar-refractivity contribution >= 4 is 11.8 Å². The fourth-order valence-corrected chi connectivity index (χ4v) is 3.32. The molecular formula is C17H28N4O2. The summed E-state index contributed by atoms with van der Waals surface area (Å²) in [5, 5.41) is 7.43. The van der Waals surface area contributed by atoms with Crippen LogP contribution in [0.25, 0.3) is 0 Å². The van der Waals surface area contributed by atoms with Gasteiger partial charge in [-0.3, -0.25) is 14.3 Å².